The fourth-order valence-corrected chi connectivity index (χ4v) is 3.18. The van der Waals surface area contributed by atoms with Crippen molar-refractivity contribution in [3.05, 3.63) is 65.2 Å². The van der Waals surface area contributed by atoms with Gasteiger partial charge in [0.2, 0.25) is 0 Å². The van der Waals surface area contributed by atoms with Gasteiger partial charge in [-0.2, -0.15) is 0 Å². The van der Waals surface area contributed by atoms with Crippen LogP contribution in [0, 0.1) is 12.8 Å². The lowest BCUT2D eigenvalue weighted by atomic mass is 9.89. The number of amides is 1. The standard InChI is InChI=1S/C19H19NO4/c1-12-7-8-14(9-17(12)21)18(22)20-10-15(16(11-20)19(23)24)13-5-3-2-4-6-13/h2-9,15-16,21H,10-11H2,1H3,(H,23,24)/t15-,16+/m1/s1. The highest BCUT2D eigenvalue weighted by molar-refractivity contribution is 5.95. The number of hydrogen-bond acceptors (Lipinski definition) is 3. The minimum absolute atomic E-state index is 0.0643. The predicted octanol–water partition coefficient (Wildman–Crippen LogP) is 2.64. The fourth-order valence-electron chi connectivity index (χ4n) is 3.18. The molecular formula is C19H19NO4. The molecular weight excluding hydrogens is 306 g/mol. The van der Waals surface area contributed by atoms with Gasteiger partial charge in [0.1, 0.15) is 5.75 Å². The molecule has 2 atom stereocenters. The third-order valence-corrected chi connectivity index (χ3v) is 4.61. The minimum atomic E-state index is -0.897. The molecule has 5 heteroatoms. The second kappa shape index (κ2) is 6.35. The van der Waals surface area contributed by atoms with Gasteiger partial charge in [-0.05, 0) is 30.2 Å². The normalized spacial score (nSPS) is 20.1. The molecule has 2 N–H and O–H groups in total. The zero-order valence-electron chi connectivity index (χ0n) is 13.3. The molecule has 24 heavy (non-hydrogen) atoms. The van der Waals surface area contributed by atoms with E-state index in [0.717, 1.165) is 5.56 Å². The summed E-state index contributed by atoms with van der Waals surface area (Å²) >= 11 is 0. The van der Waals surface area contributed by atoms with Crippen LogP contribution >= 0.6 is 0 Å². The van der Waals surface area contributed by atoms with Crippen LogP contribution in [0.2, 0.25) is 0 Å². The highest BCUT2D eigenvalue weighted by Crippen LogP contribution is 2.34. The van der Waals surface area contributed by atoms with E-state index < -0.39 is 11.9 Å². The predicted molar refractivity (Wildman–Crippen MR) is 89.1 cm³/mol. The lowest BCUT2D eigenvalue weighted by Crippen LogP contribution is -2.29. The van der Waals surface area contributed by atoms with Crippen molar-refractivity contribution in [1.82, 2.24) is 4.90 Å². The van der Waals surface area contributed by atoms with Gasteiger partial charge in [-0.3, -0.25) is 9.59 Å². The molecule has 3 rings (SSSR count). The molecule has 0 spiro atoms. The van der Waals surface area contributed by atoms with Gasteiger partial charge in [0.05, 0.1) is 5.92 Å². The Morgan fingerprint density at radius 3 is 2.42 bits per heavy atom. The molecule has 2 aromatic carbocycles. The Hall–Kier alpha value is -2.82. The molecule has 0 radical (unpaired) electrons. The molecule has 2 aromatic rings. The quantitative estimate of drug-likeness (QED) is 0.909. The van der Waals surface area contributed by atoms with E-state index in [1.54, 1.807) is 24.0 Å². The summed E-state index contributed by atoms with van der Waals surface area (Å²) < 4.78 is 0. The Morgan fingerprint density at radius 2 is 1.79 bits per heavy atom. The van der Waals surface area contributed by atoms with E-state index in [9.17, 15) is 19.8 Å². The molecule has 1 aliphatic heterocycles. The van der Waals surface area contributed by atoms with E-state index in [1.165, 1.54) is 6.07 Å². The van der Waals surface area contributed by atoms with Crippen LogP contribution in [0.1, 0.15) is 27.4 Å². The number of nitrogens with zero attached hydrogens (tertiary/aromatic N) is 1. The maximum Gasteiger partial charge on any atom is 0.308 e. The van der Waals surface area contributed by atoms with E-state index in [1.807, 2.05) is 30.3 Å². The monoisotopic (exact) mass is 325 g/mol. The summed E-state index contributed by atoms with van der Waals surface area (Å²) in [6.45, 7) is 2.28. The molecule has 1 saturated heterocycles. The number of likely N-dealkylation sites (tertiary alicyclic amines) is 1. The van der Waals surface area contributed by atoms with Crippen LogP contribution in [0.25, 0.3) is 0 Å². The van der Waals surface area contributed by atoms with Gasteiger partial charge < -0.3 is 15.1 Å². The number of benzene rings is 2. The Kier molecular flexibility index (Phi) is 4.25. The van der Waals surface area contributed by atoms with Crippen LogP contribution in [-0.2, 0) is 4.79 Å². The van der Waals surface area contributed by atoms with Crippen LogP contribution in [0.5, 0.6) is 5.75 Å². The first-order valence-corrected chi connectivity index (χ1v) is 7.84. The summed E-state index contributed by atoms with van der Waals surface area (Å²) in [7, 11) is 0. The van der Waals surface area contributed by atoms with Gasteiger partial charge in [-0.15, -0.1) is 0 Å². The lowest BCUT2D eigenvalue weighted by molar-refractivity contribution is -0.141. The van der Waals surface area contributed by atoms with Gasteiger partial charge >= 0.3 is 5.97 Å². The summed E-state index contributed by atoms with van der Waals surface area (Å²) in [6.07, 6.45) is 0. The Labute approximate surface area is 140 Å². The number of aromatic hydroxyl groups is 1. The van der Waals surface area contributed by atoms with Crippen LogP contribution in [0.3, 0.4) is 0 Å². The molecule has 0 bridgehead atoms. The first-order chi connectivity index (χ1) is 11.5. The summed E-state index contributed by atoms with van der Waals surface area (Å²) in [4.78, 5) is 25.8. The van der Waals surface area contributed by atoms with Gasteiger partial charge in [-0.25, -0.2) is 0 Å². The number of hydrogen-bond donors (Lipinski definition) is 2. The van der Waals surface area contributed by atoms with Crippen molar-refractivity contribution in [2.45, 2.75) is 12.8 Å². The van der Waals surface area contributed by atoms with E-state index >= 15 is 0 Å². The molecule has 1 amide bonds. The number of carbonyl (C=O) groups is 2. The summed E-state index contributed by atoms with van der Waals surface area (Å²) in [5.41, 5.74) is 1.99. The van der Waals surface area contributed by atoms with Crippen LogP contribution in [0.4, 0.5) is 0 Å². The number of aryl methyl sites for hydroxylation is 1. The largest absolute Gasteiger partial charge is 0.508 e. The van der Waals surface area contributed by atoms with Crippen molar-refractivity contribution in [3.8, 4) is 5.75 Å². The van der Waals surface area contributed by atoms with Gasteiger partial charge in [0.25, 0.3) is 5.91 Å². The molecule has 0 aromatic heterocycles. The third-order valence-electron chi connectivity index (χ3n) is 4.61. The zero-order chi connectivity index (χ0) is 17.3. The van der Waals surface area contributed by atoms with Crippen molar-refractivity contribution < 1.29 is 19.8 Å². The van der Waals surface area contributed by atoms with Crippen molar-refractivity contribution in [2.75, 3.05) is 13.1 Å². The maximum absolute atomic E-state index is 12.7. The second-order valence-electron chi connectivity index (χ2n) is 6.17. The smallest absolute Gasteiger partial charge is 0.308 e. The minimum Gasteiger partial charge on any atom is -0.508 e. The van der Waals surface area contributed by atoms with Gasteiger partial charge in [0.15, 0.2) is 0 Å². The average molecular weight is 325 g/mol. The number of carboxylic acids is 1. The number of rotatable bonds is 3. The number of carbonyl (C=O) groups excluding carboxylic acids is 1. The zero-order valence-corrected chi connectivity index (χ0v) is 13.3. The van der Waals surface area contributed by atoms with Crippen LogP contribution in [-0.4, -0.2) is 40.1 Å². The second-order valence-corrected chi connectivity index (χ2v) is 6.17. The molecule has 124 valence electrons. The number of carboxylic acid groups (broad SMARTS) is 1. The molecule has 1 heterocycles. The summed E-state index contributed by atoms with van der Waals surface area (Å²) in [6, 6.07) is 14.2. The van der Waals surface area contributed by atoms with Crippen molar-refractivity contribution in [1.29, 1.82) is 0 Å². The van der Waals surface area contributed by atoms with E-state index in [0.29, 0.717) is 17.7 Å². The maximum atomic E-state index is 12.7. The van der Waals surface area contributed by atoms with Crippen LogP contribution < -0.4 is 0 Å². The van der Waals surface area contributed by atoms with Crippen LogP contribution in [0.15, 0.2) is 48.5 Å². The topological polar surface area (TPSA) is 77.8 Å². The summed E-state index contributed by atoms with van der Waals surface area (Å²) in [5.74, 6) is -1.95. The molecule has 0 saturated carbocycles. The highest BCUT2D eigenvalue weighted by Gasteiger charge is 2.40. The van der Waals surface area contributed by atoms with E-state index in [4.69, 9.17) is 0 Å². The Morgan fingerprint density at radius 1 is 1.08 bits per heavy atom. The van der Waals surface area contributed by atoms with Crippen molar-refractivity contribution in [3.63, 3.8) is 0 Å². The first kappa shape index (κ1) is 16.1. The van der Waals surface area contributed by atoms with E-state index in [-0.39, 0.29) is 24.1 Å². The highest BCUT2D eigenvalue weighted by atomic mass is 16.4. The van der Waals surface area contributed by atoms with E-state index in [2.05, 4.69) is 0 Å². The number of aliphatic carboxylic acids is 1. The molecule has 1 aliphatic rings. The number of phenolic OH excluding ortho intramolecular Hbond substituents is 1. The lowest BCUT2D eigenvalue weighted by Gasteiger charge is -2.17. The Balaban J connectivity index is 1.86. The third kappa shape index (κ3) is 2.97. The first-order valence-electron chi connectivity index (χ1n) is 7.84. The van der Waals surface area contributed by atoms with Gasteiger partial charge in [-0.1, -0.05) is 36.4 Å². The fraction of sp³-hybridized carbons (Fsp3) is 0.263. The summed E-state index contributed by atoms with van der Waals surface area (Å²) in [5, 5.41) is 19.3. The number of phenols is 1. The molecule has 0 aliphatic carbocycles. The van der Waals surface area contributed by atoms with Crippen molar-refractivity contribution in [2.24, 2.45) is 5.92 Å². The average Bonchev–Trinajstić information content (AvgIpc) is 3.03. The van der Waals surface area contributed by atoms with Crippen molar-refractivity contribution >= 4 is 11.9 Å². The molecule has 5 nitrogen and oxygen atoms in total. The molecule has 0 unspecified atom stereocenters. The SMILES string of the molecule is Cc1ccc(C(=O)N2C[C@H](C(=O)O)[C@@H](c3ccccc3)C2)cc1O. The molecule has 1 fully saturated rings. The Bertz CT molecular complexity index is 772. The van der Waals surface area contributed by atoms with Gasteiger partial charge in [0, 0.05) is 24.6 Å².